The van der Waals surface area contributed by atoms with Crippen LogP contribution >= 0.6 is 23.2 Å². The van der Waals surface area contributed by atoms with E-state index in [0.717, 1.165) is 16.9 Å². The van der Waals surface area contributed by atoms with E-state index in [0.29, 0.717) is 40.7 Å². The highest BCUT2D eigenvalue weighted by atomic mass is 35.5. The molecule has 0 spiro atoms. The molecule has 0 radical (unpaired) electrons. The molecule has 1 aromatic heterocycles. The van der Waals surface area contributed by atoms with Crippen LogP contribution in [0.5, 0.6) is 0 Å². The number of hydrazine groups is 1. The van der Waals surface area contributed by atoms with Gasteiger partial charge in [-0.3, -0.25) is 25.4 Å². The number of hydrogen-bond donors (Lipinski definition) is 3. The molecule has 1 aliphatic carbocycles. The summed E-state index contributed by atoms with van der Waals surface area (Å²) in [6.07, 6.45) is 0.422. The summed E-state index contributed by atoms with van der Waals surface area (Å²) in [5.74, 6) is -1.51. The van der Waals surface area contributed by atoms with Gasteiger partial charge in [-0.05, 0) is 60.4 Å². The molecule has 5 rings (SSSR count). The molecule has 2 amide bonds. The SMILES string of the molecule is O=C(Cc1ccc(Cl)cc1Cl)Nc1cnccc1C1CCC2C3NNCC3C(=O)N(CC(F)(F)F)C2C1. The van der Waals surface area contributed by atoms with Crippen LogP contribution in [0.3, 0.4) is 0 Å². The average molecular weight is 556 g/mol. The topological polar surface area (TPSA) is 86.4 Å². The second-order valence-corrected chi connectivity index (χ2v) is 10.7. The molecule has 198 valence electrons. The van der Waals surface area contributed by atoms with Crippen molar-refractivity contribution in [3.63, 3.8) is 0 Å². The van der Waals surface area contributed by atoms with Crippen molar-refractivity contribution in [2.75, 3.05) is 18.4 Å². The number of hydrogen-bond acceptors (Lipinski definition) is 5. The van der Waals surface area contributed by atoms with E-state index in [2.05, 4.69) is 21.2 Å². The lowest BCUT2D eigenvalue weighted by molar-refractivity contribution is -0.178. The van der Waals surface area contributed by atoms with Gasteiger partial charge in [0.15, 0.2) is 0 Å². The maximum Gasteiger partial charge on any atom is 0.406 e. The zero-order valence-corrected chi connectivity index (χ0v) is 21.2. The number of fused-ring (bicyclic) bond motifs is 3. The number of carbonyl (C=O) groups excluding carboxylic acids is 2. The molecule has 2 saturated heterocycles. The van der Waals surface area contributed by atoms with Crippen molar-refractivity contribution >= 4 is 40.7 Å². The summed E-state index contributed by atoms with van der Waals surface area (Å²) >= 11 is 12.1. The number of halogens is 5. The second-order valence-electron chi connectivity index (χ2n) is 9.90. The van der Waals surface area contributed by atoms with Crippen LogP contribution in [0.2, 0.25) is 10.0 Å². The molecule has 12 heteroatoms. The molecule has 3 N–H and O–H groups in total. The number of piperidine rings is 1. The van der Waals surface area contributed by atoms with Gasteiger partial charge in [0.2, 0.25) is 11.8 Å². The van der Waals surface area contributed by atoms with Crippen molar-refractivity contribution in [2.45, 2.75) is 49.9 Å². The molecule has 7 nitrogen and oxygen atoms in total. The maximum absolute atomic E-state index is 13.5. The van der Waals surface area contributed by atoms with Gasteiger partial charge in [0.25, 0.3) is 0 Å². The van der Waals surface area contributed by atoms with Crippen LogP contribution in [0.15, 0.2) is 36.7 Å². The van der Waals surface area contributed by atoms with Gasteiger partial charge in [-0.1, -0.05) is 29.3 Å². The molecular weight excluding hydrogens is 530 g/mol. The lowest BCUT2D eigenvalue weighted by Gasteiger charge is -2.50. The van der Waals surface area contributed by atoms with Crippen molar-refractivity contribution in [3.05, 3.63) is 57.8 Å². The fourth-order valence-corrected chi connectivity index (χ4v) is 6.53. The summed E-state index contributed by atoms with van der Waals surface area (Å²) < 4.78 is 40.4. The fourth-order valence-electron chi connectivity index (χ4n) is 6.05. The Kier molecular flexibility index (Phi) is 7.37. The fraction of sp³-hybridized carbons (Fsp3) is 0.480. The molecule has 1 aromatic carbocycles. The molecule has 5 unspecified atom stereocenters. The molecule has 2 aliphatic heterocycles. The summed E-state index contributed by atoms with van der Waals surface area (Å²) in [5.41, 5.74) is 8.00. The van der Waals surface area contributed by atoms with Gasteiger partial charge < -0.3 is 10.2 Å². The van der Waals surface area contributed by atoms with Gasteiger partial charge in [0.05, 0.1) is 24.2 Å². The van der Waals surface area contributed by atoms with Crippen LogP contribution in [0, 0.1) is 11.8 Å². The predicted octanol–water partition coefficient (Wildman–Crippen LogP) is 4.32. The summed E-state index contributed by atoms with van der Waals surface area (Å²) in [6.45, 7) is -0.937. The summed E-state index contributed by atoms with van der Waals surface area (Å²) in [4.78, 5) is 31.1. The van der Waals surface area contributed by atoms with Gasteiger partial charge in [0.1, 0.15) is 6.54 Å². The van der Waals surface area contributed by atoms with Gasteiger partial charge in [0, 0.05) is 34.9 Å². The van der Waals surface area contributed by atoms with Crippen molar-refractivity contribution in [2.24, 2.45) is 11.8 Å². The monoisotopic (exact) mass is 555 g/mol. The van der Waals surface area contributed by atoms with E-state index < -0.39 is 30.6 Å². The molecule has 2 aromatic rings. The van der Waals surface area contributed by atoms with Crippen LogP contribution in [-0.4, -0.2) is 53.0 Å². The number of aromatic nitrogens is 1. The Bertz CT molecular complexity index is 1200. The number of alkyl halides is 3. The summed E-state index contributed by atoms with van der Waals surface area (Å²) in [6, 6.07) is 5.94. The number of anilines is 1. The van der Waals surface area contributed by atoms with E-state index in [1.807, 2.05) is 0 Å². The molecule has 3 fully saturated rings. The van der Waals surface area contributed by atoms with Crippen molar-refractivity contribution in [1.29, 1.82) is 0 Å². The van der Waals surface area contributed by atoms with Crippen LogP contribution in [0.25, 0.3) is 0 Å². The Labute approximate surface area is 222 Å². The molecule has 1 saturated carbocycles. The number of pyridine rings is 1. The van der Waals surface area contributed by atoms with Crippen molar-refractivity contribution < 1.29 is 22.8 Å². The predicted molar refractivity (Wildman–Crippen MR) is 133 cm³/mol. The zero-order chi connectivity index (χ0) is 26.3. The van der Waals surface area contributed by atoms with Crippen LogP contribution in [0.1, 0.15) is 36.3 Å². The molecule has 3 aliphatic rings. The van der Waals surface area contributed by atoms with Crippen LogP contribution in [0.4, 0.5) is 18.9 Å². The quantitative estimate of drug-likeness (QED) is 0.511. The van der Waals surface area contributed by atoms with E-state index in [1.165, 1.54) is 0 Å². The third-order valence-corrected chi connectivity index (χ3v) is 8.23. The molecular formula is C25H26Cl2F3N5O2. The number of benzene rings is 1. The number of likely N-dealkylation sites (tertiary alicyclic amines) is 1. The Balaban J connectivity index is 1.36. The lowest BCUT2D eigenvalue weighted by Crippen LogP contribution is -2.63. The van der Waals surface area contributed by atoms with Gasteiger partial charge in [-0.15, -0.1) is 0 Å². The molecule has 3 heterocycles. The number of nitrogens with one attached hydrogen (secondary N) is 3. The van der Waals surface area contributed by atoms with Gasteiger partial charge in [-0.25, -0.2) is 0 Å². The average Bonchev–Trinajstić information content (AvgIpc) is 3.33. The van der Waals surface area contributed by atoms with Gasteiger partial charge in [-0.2, -0.15) is 13.2 Å². The Morgan fingerprint density at radius 1 is 1.22 bits per heavy atom. The zero-order valence-electron chi connectivity index (χ0n) is 19.7. The summed E-state index contributed by atoms with van der Waals surface area (Å²) in [5, 5.41) is 3.74. The molecule has 5 atom stereocenters. The third-order valence-electron chi connectivity index (χ3n) is 7.64. The van der Waals surface area contributed by atoms with Crippen molar-refractivity contribution in [3.8, 4) is 0 Å². The van der Waals surface area contributed by atoms with E-state index >= 15 is 0 Å². The van der Waals surface area contributed by atoms with E-state index in [-0.39, 0.29) is 30.2 Å². The van der Waals surface area contributed by atoms with Crippen molar-refractivity contribution in [1.82, 2.24) is 20.7 Å². The summed E-state index contributed by atoms with van der Waals surface area (Å²) in [7, 11) is 0. The normalized spacial score (nSPS) is 27.5. The first-order chi connectivity index (χ1) is 17.6. The Hall–Kier alpha value is -2.40. The second kappa shape index (κ2) is 10.4. The first-order valence-corrected chi connectivity index (χ1v) is 12.9. The minimum atomic E-state index is -4.49. The minimum absolute atomic E-state index is 0.0231. The van der Waals surface area contributed by atoms with Gasteiger partial charge >= 0.3 is 6.18 Å². The number of carbonyl (C=O) groups is 2. The van der Waals surface area contributed by atoms with E-state index in [9.17, 15) is 22.8 Å². The highest BCUT2D eigenvalue weighted by Crippen LogP contribution is 2.46. The smallest absolute Gasteiger partial charge is 0.330 e. The first-order valence-electron chi connectivity index (χ1n) is 12.1. The lowest BCUT2D eigenvalue weighted by atomic mass is 9.67. The highest BCUT2D eigenvalue weighted by molar-refractivity contribution is 6.35. The third kappa shape index (κ3) is 5.57. The van der Waals surface area contributed by atoms with E-state index in [4.69, 9.17) is 23.2 Å². The highest BCUT2D eigenvalue weighted by Gasteiger charge is 2.54. The van der Waals surface area contributed by atoms with E-state index in [1.54, 1.807) is 36.7 Å². The van der Waals surface area contributed by atoms with Crippen LogP contribution < -0.4 is 16.2 Å². The number of amides is 2. The standard InChI is InChI=1S/C25H26Cl2F3N5O2/c26-15-3-1-14(19(27)9-15)8-22(36)33-20-11-31-6-5-16(20)13-2-4-17-21(7-13)35(12-25(28,29)30)24(37)18-10-32-34-23(17)18/h1,3,5-6,9,11,13,17-18,21,23,32,34H,2,4,7-8,10,12H2,(H,33,36). The minimum Gasteiger partial charge on any atom is -0.330 e. The molecule has 37 heavy (non-hydrogen) atoms. The maximum atomic E-state index is 13.5. The number of nitrogens with zero attached hydrogens (tertiary/aromatic N) is 2. The number of rotatable bonds is 5. The first kappa shape index (κ1) is 26.2. The Morgan fingerprint density at radius 2 is 2.03 bits per heavy atom. The van der Waals surface area contributed by atoms with Crippen LogP contribution in [-0.2, 0) is 16.0 Å². The largest absolute Gasteiger partial charge is 0.406 e. The molecule has 0 bridgehead atoms. The Morgan fingerprint density at radius 3 is 2.78 bits per heavy atom.